The van der Waals surface area contributed by atoms with Crippen LogP contribution in [-0.2, 0) is 4.79 Å². The summed E-state index contributed by atoms with van der Waals surface area (Å²) < 4.78 is 1.01. The fourth-order valence-electron chi connectivity index (χ4n) is 3.73. The van der Waals surface area contributed by atoms with Crippen LogP contribution in [0.2, 0.25) is 0 Å². The zero-order valence-electron chi connectivity index (χ0n) is 15.2. The summed E-state index contributed by atoms with van der Waals surface area (Å²) in [5.41, 5.74) is 3.36. The number of benzene rings is 2. The number of aliphatic carboxylic acids is 1. The fraction of sp³-hybridized carbons (Fsp3) is 0.381. The minimum absolute atomic E-state index is 0.0804. The van der Waals surface area contributed by atoms with Gasteiger partial charge in [0.15, 0.2) is 0 Å². The molecule has 4 nitrogen and oxygen atoms in total. The second-order valence-corrected chi connectivity index (χ2v) is 7.85. The third kappa shape index (κ3) is 3.94. The Morgan fingerprint density at radius 3 is 2.46 bits per heavy atom. The number of carbonyl (C=O) groups is 1. The molecule has 1 fully saturated rings. The Morgan fingerprint density at radius 1 is 1.15 bits per heavy atom. The van der Waals surface area contributed by atoms with Gasteiger partial charge in [0, 0.05) is 24.3 Å². The highest BCUT2D eigenvalue weighted by molar-refractivity contribution is 9.10. The average molecular weight is 417 g/mol. The molecule has 2 aromatic rings. The minimum Gasteiger partial charge on any atom is -0.480 e. The second-order valence-electron chi connectivity index (χ2n) is 7.00. The van der Waals surface area contributed by atoms with Crippen molar-refractivity contribution in [3.63, 3.8) is 0 Å². The van der Waals surface area contributed by atoms with Gasteiger partial charge in [-0.1, -0.05) is 52.7 Å². The predicted molar refractivity (Wildman–Crippen MR) is 109 cm³/mol. The maximum atomic E-state index is 11.9. The van der Waals surface area contributed by atoms with E-state index in [-0.39, 0.29) is 6.04 Å². The molecule has 0 saturated carbocycles. The molecule has 2 atom stereocenters. The Hall–Kier alpha value is -1.85. The first-order valence-corrected chi connectivity index (χ1v) is 9.78. The smallest absolute Gasteiger partial charge is 0.320 e. The standard InChI is InChI=1S/C21H25BrN2O2/c1-23(2)16-12-10-15(11-13-16)20(17-7-3-4-8-18(17)22)24-14-6-5-9-19(24)21(25)26/h3-4,7-8,10-13,19-20H,5-6,9,14H2,1-2H3,(H,25,26). The van der Waals surface area contributed by atoms with E-state index in [9.17, 15) is 9.90 Å². The van der Waals surface area contributed by atoms with Gasteiger partial charge in [-0.15, -0.1) is 0 Å². The lowest BCUT2D eigenvalue weighted by molar-refractivity contribution is -0.145. The molecule has 1 aliphatic rings. The van der Waals surface area contributed by atoms with Crippen LogP contribution in [0.1, 0.15) is 36.4 Å². The summed E-state index contributed by atoms with van der Waals surface area (Å²) in [6.45, 7) is 0.790. The Balaban J connectivity index is 2.07. The largest absolute Gasteiger partial charge is 0.480 e. The maximum absolute atomic E-state index is 11.9. The average Bonchev–Trinajstić information content (AvgIpc) is 2.64. The summed E-state index contributed by atoms with van der Waals surface area (Å²) in [6, 6.07) is 16.0. The van der Waals surface area contributed by atoms with Crippen LogP contribution in [0.4, 0.5) is 5.69 Å². The van der Waals surface area contributed by atoms with Gasteiger partial charge < -0.3 is 10.0 Å². The lowest BCUT2D eigenvalue weighted by atomic mass is 9.91. The van der Waals surface area contributed by atoms with Crippen LogP contribution in [0.5, 0.6) is 0 Å². The van der Waals surface area contributed by atoms with E-state index in [1.807, 2.05) is 32.3 Å². The molecule has 1 aliphatic heterocycles. The Morgan fingerprint density at radius 2 is 1.85 bits per heavy atom. The molecule has 1 saturated heterocycles. The molecule has 0 aromatic heterocycles. The van der Waals surface area contributed by atoms with Crippen molar-refractivity contribution in [2.24, 2.45) is 0 Å². The number of piperidine rings is 1. The lowest BCUT2D eigenvalue weighted by Gasteiger charge is -2.40. The van der Waals surface area contributed by atoms with Crippen molar-refractivity contribution >= 4 is 27.6 Å². The summed E-state index contributed by atoms with van der Waals surface area (Å²) in [4.78, 5) is 16.1. The summed E-state index contributed by atoms with van der Waals surface area (Å²) >= 11 is 3.67. The zero-order valence-corrected chi connectivity index (χ0v) is 16.8. The van der Waals surface area contributed by atoms with Gasteiger partial charge in [-0.25, -0.2) is 0 Å². The van der Waals surface area contributed by atoms with Crippen molar-refractivity contribution in [3.05, 3.63) is 64.1 Å². The van der Waals surface area contributed by atoms with Crippen LogP contribution in [0.3, 0.4) is 0 Å². The number of rotatable bonds is 5. The molecular weight excluding hydrogens is 392 g/mol. The first kappa shape index (κ1) is 18.9. The van der Waals surface area contributed by atoms with Crippen LogP contribution < -0.4 is 4.90 Å². The van der Waals surface area contributed by atoms with Crippen LogP contribution in [0, 0.1) is 0 Å². The molecule has 0 bridgehead atoms. The topological polar surface area (TPSA) is 43.8 Å². The van der Waals surface area contributed by atoms with Gasteiger partial charge in [0.1, 0.15) is 6.04 Å². The van der Waals surface area contributed by atoms with E-state index in [0.717, 1.165) is 40.7 Å². The number of carboxylic acids is 1. The Bertz CT molecular complexity index is 761. The quantitative estimate of drug-likeness (QED) is 0.776. The molecule has 0 spiro atoms. The molecule has 26 heavy (non-hydrogen) atoms. The van der Waals surface area contributed by atoms with E-state index in [2.05, 4.69) is 56.1 Å². The Kier molecular flexibility index (Phi) is 5.99. The summed E-state index contributed by atoms with van der Waals surface area (Å²) in [6.07, 6.45) is 2.70. The molecule has 0 aliphatic carbocycles. The number of nitrogens with zero attached hydrogens (tertiary/aromatic N) is 2. The van der Waals surface area contributed by atoms with Crippen molar-refractivity contribution < 1.29 is 9.90 Å². The minimum atomic E-state index is -0.730. The Labute approximate surface area is 163 Å². The van der Waals surface area contributed by atoms with Crippen molar-refractivity contribution in [2.75, 3.05) is 25.5 Å². The highest BCUT2D eigenvalue weighted by Crippen LogP contribution is 2.37. The second kappa shape index (κ2) is 8.23. The first-order valence-electron chi connectivity index (χ1n) is 8.99. The monoisotopic (exact) mass is 416 g/mol. The third-order valence-corrected chi connectivity index (χ3v) is 5.81. The van der Waals surface area contributed by atoms with Crippen LogP contribution in [-0.4, -0.2) is 42.7 Å². The van der Waals surface area contributed by atoms with E-state index in [1.54, 1.807) is 0 Å². The SMILES string of the molecule is CN(C)c1ccc(C(c2ccccc2Br)N2CCCCC2C(=O)O)cc1. The van der Waals surface area contributed by atoms with E-state index in [0.29, 0.717) is 6.42 Å². The van der Waals surface area contributed by atoms with Crippen molar-refractivity contribution in [2.45, 2.75) is 31.3 Å². The normalized spacial score (nSPS) is 19.1. The summed E-state index contributed by atoms with van der Waals surface area (Å²) in [5, 5.41) is 9.78. The molecule has 1 N–H and O–H groups in total. The first-order chi connectivity index (χ1) is 12.5. The highest BCUT2D eigenvalue weighted by Gasteiger charge is 2.35. The van der Waals surface area contributed by atoms with Crippen LogP contribution >= 0.6 is 15.9 Å². The van der Waals surface area contributed by atoms with Gasteiger partial charge in [-0.05, 0) is 48.7 Å². The summed E-state index contributed by atoms with van der Waals surface area (Å²) in [7, 11) is 4.04. The van der Waals surface area contributed by atoms with Gasteiger partial charge in [-0.2, -0.15) is 0 Å². The van der Waals surface area contributed by atoms with Gasteiger partial charge in [0.2, 0.25) is 0 Å². The van der Waals surface area contributed by atoms with E-state index in [4.69, 9.17) is 0 Å². The number of likely N-dealkylation sites (tertiary alicyclic amines) is 1. The van der Waals surface area contributed by atoms with Crippen molar-refractivity contribution in [1.82, 2.24) is 4.90 Å². The van der Waals surface area contributed by atoms with E-state index in [1.165, 1.54) is 0 Å². The van der Waals surface area contributed by atoms with Crippen LogP contribution in [0.25, 0.3) is 0 Å². The molecule has 0 radical (unpaired) electrons. The van der Waals surface area contributed by atoms with Gasteiger partial charge in [0.05, 0.1) is 6.04 Å². The molecule has 5 heteroatoms. The molecule has 3 rings (SSSR count). The number of hydrogen-bond donors (Lipinski definition) is 1. The summed E-state index contributed by atoms with van der Waals surface area (Å²) in [5.74, 6) is -0.730. The van der Waals surface area contributed by atoms with Crippen LogP contribution in [0.15, 0.2) is 53.0 Å². The number of halogens is 1. The van der Waals surface area contributed by atoms with Gasteiger partial charge >= 0.3 is 5.97 Å². The maximum Gasteiger partial charge on any atom is 0.320 e. The molecule has 138 valence electrons. The number of carboxylic acid groups (broad SMARTS) is 1. The van der Waals surface area contributed by atoms with E-state index < -0.39 is 12.0 Å². The molecular formula is C21H25BrN2O2. The number of hydrogen-bond acceptors (Lipinski definition) is 3. The molecule has 2 aromatic carbocycles. The van der Waals surface area contributed by atoms with Gasteiger partial charge in [0.25, 0.3) is 0 Å². The van der Waals surface area contributed by atoms with E-state index >= 15 is 0 Å². The molecule has 0 amide bonds. The lowest BCUT2D eigenvalue weighted by Crippen LogP contribution is -2.46. The van der Waals surface area contributed by atoms with Crippen molar-refractivity contribution in [3.8, 4) is 0 Å². The molecule has 1 heterocycles. The molecule has 2 unspecified atom stereocenters. The number of anilines is 1. The third-order valence-electron chi connectivity index (χ3n) is 5.09. The predicted octanol–water partition coefficient (Wildman–Crippen LogP) is 4.54. The van der Waals surface area contributed by atoms with Crippen molar-refractivity contribution in [1.29, 1.82) is 0 Å². The zero-order chi connectivity index (χ0) is 18.7. The highest BCUT2D eigenvalue weighted by atomic mass is 79.9. The van der Waals surface area contributed by atoms with Gasteiger partial charge in [-0.3, -0.25) is 9.69 Å². The fourth-order valence-corrected chi connectivity index (χ4v) is 4.23.